The van der Waals surface area contributed by atoms with Gasteiger partial charge < -0.3 is 20.3 Å². The third-order valence-electron chi connectivity index (χ3n) is 10.2. The summed E-state index contributed by atoms with van der Waals surface area (Å²) in [5.74, 6) is -4.49. The summed E-state index contributed by atoms with van der Waals surface area (Å²) in [6.45, 7) is 1.32. The first-order chi connectivity index (χ1) is 25.6. The summed E-state index contributed by atoms with van der Waals surface area (Å²) in [4.78, 5) is 64.5. The van der Waals surface area contributed by atoms with Crippen molar-refractivity contribution >= 4 is 44.7 Å². The molecule has 15 nitrogen and oxygen atoms in total. The number of carbonyl (C=O) groups excluding carboxylic acids is 4. The van der Waals surface area contributed by atoms with Gasteiger partial charge in [0.05, 0.1) is 22.8 Å². The van der Waals surface area contributed by atoms with Crippen molar-refractivity contribution in [2.45, 2.75) is 99.9 Å². The highest BCUT2D eigenvalue weighted by Crippen LogP contribution is 2.46. The first-order valence-corrected chi connectivity index (χ1v) is 19.4. The molecule has 1 saturated heterocycles. The number of amides is 4. The number of hydrogen-bond donors (Lipinski definition) is 4. The van der Waals surface area contributed by atoms with Crippen LogP contribution in [0.2, 0.25) is 0 Å². The number of rotatable bonds is 7. The van der Waals surface area contributed by atoms with Crippen LogP contribution in [0.4, 0.5) is 13.2 Å². The summed E-state index contributed by atoms with van der Waals surface area (Å²) < 4.78 is 76.3. The quantitative estimate of drug-likeness (QED) is 0.259. The fourth-order valence-corrected chi connectivity index (χ4v) is 8.39. The Bertz CT molecular complexity index is 2120. The van der Waals surface area contributed by atoms with E-state index in [2.05, 4.69) is 35.5 Å². The second-order valence-corrected chi connectivity index (χ2v) is 16.3. The van der Waals surface area contributed by atoms with Crippen LogP contribution in [0, 0.1) is 12.8 Å². The van der Waals surface area contributed by atoms with Crippen molar-refractivity contribution < 1.29 is 45.5 Å². The molecule has 1 aromatic carbocycles. The van der Waals surface area contributed by atoms with Crippen molar-refractivity contribution in [2.24, 2.45) is 5.92 Å². The maximum Gasteiger partial charge on any atom is 0.438 e. The molecule has 7 rings (SSSR count). The standard InChI is InChI=1S/C35H39F3N8O7S/c1-19-15-26(44-43-19)29(47)40-25-12-6-4-2-3-5-9-20-17-34(20,33(50)45-54(51,52)22-13-14-22)42-30(48)27-16-21(18-46(27)32(25)49)53-31-28(35(36,37)38)39-23-10-7-8-11-24(23)41-31/h5,7-11,15,20-22,25,27H,2-4,6,12-14,16-18H2,1H3,(H,40,47)(H,42,48)(H,43,44)(H,45,50)/b9-5-/t20-,21-,25+,27+,34-/m1/s1. The number of hydrogen-bond acceptors (Lipinski definition) is 10. The van der Waals surface area contributed by atoms with Crippen LogP contribution >= 0.6 is 0 Å². The number of aryl methyl sites for hydroxylation is 1. The largest absolute Gasteiger partial charge is 0.471 e. The lowest BCUT2D eigenvalue weighted by Gasteiger charge is -2.29. The number of nitrogens with one attached hydrogen (secondary N) is 4. The molecular formula is C35H39F3N8O7S. The van der Waals surface area contributed by atoms with Gasteiger partial charge in [-0.25, -0.2) is 18.4 Å². The number of alkyl halides is 3. The van der Waals surface area contributed by atoms with Gasteiger partial charge >= 0.3 is 6.18 Å². The van der Waals surface area contributed by atoms with Crippen LogP contribution in [0.15, 0.2) is 42.5 Å². The Labute approximate surface area is 307 Å². The lowest BCUT2D eigenvalue weighted by atomic mass is 10.0. The Hall–Kier alpha value is -5.07. The van der Waals surface area contributed by atoms with Gasteiger partial charge in [-0.2, -0.15) is 18.3 Å². The molecule has 19 heteroatoms. The van der Waals surface area contributed by atoms with Crippen molar-refractivity contribution in [3.63, 3.8) is 0 Å². The van der Waals surface area contributed by atoms with E-state index in [0.29, 0.717) is 44.2 Å². The molecule has 3 fully saturated rings. The summed E-state index contributed by atoms with van der Waals surface area (Å²) in [6.07, 6.45) is 0.695. The maximum absolute atomic E-state index is 14.4. The minimum atomic E-state index is -4.96. The van der Waals surface area contributed by atoms with E-state index in [1.54, 1.807) is 19.1 Å². The number of para-hydroxylation sites is 2. The fourth-order valence-electron chi connectivity index (χ4n) is 7.02. The summed E-state index contributed by atoms with van der Waals surface area (Å²) in [6, 6.07) is 4.87. The number of H-pyrrole nitrogens is 1. The average Bonchev–Trinajstić information content (AvgIpc) is 4.01. The molecule has 0 bridgehead atoms. The number of allylic oxidation sites excluding steroid dienone is 1. The molecule has 3 aromatic rings. The van der Waals surface area contributed by atoms with Crippen LogP contribution in [-0.2, 0) is 30.6 Å². The van der Waals surface area contributed by atoms with Gasteiger partial charge in [0.25, 0.3) is 11.8 Å². The van der Waals surface area contributed by atoms with Gasteiger partial charge in [0, 0.05) is 18.0 Å². The number of fused-ring (bicyclic) bond motifs is 3. The van der Waals surface area contributed by atoms with E-state index in [1.165, 1.54) is 24.3 Å². The summed E-state index contributed by atoms with van der Waals surface area (Å²) in [5.41, 5.74) is -2.30. The molecular weight excluding hydrogens is 733 g/mol. The lowest BCUT2D eigenvalue weighted by molar-refractivity contribution is -0.143. The van der Waals surface area contributed by atoms with Gasteiger partial charge in [0.15, 0.2) is 0 Å². The van der Waals surface area contributed by atoms with Gasteiger partial charge in [0.1, 0.15) is 29.4 Å². The Morgan fingerprint density at radius 1 is 1.06 bits per heavy atom. The van der Waals surface area contributed by atoms with Crippen molar-refractivity contribution in [1.82, 2.24) is 40.4 Å². The molecule has 54 heavy (non-hydrogen) atoms. The van der Waals surface area contributed by atoms with E-state index in [-0.39, 0.29) is 42.5 Å². The van der Waals surface area contributed by atoms with Gasteiger partial charge in [-0.15, -0.1) is 0 Å². The fraction of sp³-hybridized carbons (Fsp3) is 0.514. The van der Waals surface area contributed by atoms with Gasteiger partial charge in [-0.1, -0.05) is 37.1 Å². The average molecular weight is 773 g/mol. The van der Waals surface area contributed by atoms with Crippen LogP contribution in [0.25, 0.3) is 11.0 Å². The minimum absolute atomic E-state index is 0.0168. The molecule has 2 saturated carbocycles. The smallest absolute Gasteiger partial charge is 0.438 e. The van der Waals surface area contributed by atoms with Crippen molar-refractivity contribution in [3.8, 4) is 5.88 Å². The van der Waals surface area contributed by atoms with Crippen LogP contribution in [0.3, 0.4) is 0 Å². The van der Waals surface area contributed by atoms with Crippen LogP contribution in [0.1, 0.15) is 79.7 Å². The van der Waals surface area contributed by atoms with Gasteiger partial charge in [-0.3, -0.25) is 29.0 Å². The Kier molecular flexibility index (Phi) is 9.86. The molecule has 4 amide bonds. The summed E-state index contributed by atoms with van der Waals surface area (Å²) >= 11 is 0. The molecule has 2 aromatic heterocycles. The molecule has 4 N–H and O–H groups in total. The van der Waals surface area contributed by atoms with Crippen molar-refractivity contribution in [3.05, 3.63) is 59.6 Å². The molecule has 288 valence electrons. The third-order valence-corrected chi connectivity index (χ3v) is 12.0. The molecule has 5 atom stereocenters. The molecule has 2 aliphatic heterocycles. The summed E-state index contributed by atoms with van der Waals surface area (Å²) in [5, 5.41) is 11.4. The number of ether oxygens (including phenoxy) is 1. The summed E-state index contributed by atoms with van der Waals surface area (Å²) in [7, 11) is -3.98. The zero-order chi connectivity index (χ0) is 38.4. The normalized spacial score (nSPS) is 27.1. The van der Waals surface area contributed by atoms with Crippen molar-refractivity contribution in [2.75, 3.05) is 6.54 Å². The minimum Gasteiger partial charge on any atom is -0.471 e. The highest BCUT2D eigenvalue weighted by molar-refractivity contribution is 7.91. The van der Waals surface area contributed by atoms with E-state index in [9.17, 15) is 40.8 Å². The van der Waals surface area contributed by atoms with E-state index in [4.69, 9.17) is 4.74 Å². The zero-order valence-corrected chi connectivity index (χ0v) is 30.0. The molecule has 2 aliphatic carbocycles. The van der Waals surface area contributed by atoms with E-state index < -0.39 is 86.3 Å². The highest BCUT2D eigenvalue weighted by atomic mass is 32.2. The highest BCUT2D eigenvalue weighted by Gasteiger charge is 2.62. The number of aromatic nitrogens is 4. The molecule has 4 aliphatic rings. The lowest BCUT2D eigenvalue weighted by Crippen LogP contribution is -2.58. The molecule has 0 unspecified atom stereocenters. The number of halogens is 3. The predicted octanol–water partition coefficient (Wildman–Crippen LogP) is 2.83. The first-order valence-electron chi connectivity index (χ1n) is 17.8. The molecule has 4 heterocycles. The molecule has 0 spiro atoms. The molecule has 0 radical (unpaired) electrons. The second kappa shape index (κ2) is 14.3. The van der Waals surface area contributed by atoms with E-state index >= 15 is 0 Å². The van der Waals surface area contributed by atoms with E-state index in [0.717, 1.165) is 4.90 Å². The number of sulfonamides is 1. The maximum atomic E-state index is 14.4. The van der Waals surface area contributed by atoms with Crippen LogP contribution in [-0.4, -0.2) is 92.6 Å². The van der Waals surface area contributed by atoms with Crippen molar-refractivity contribution in [1.29, 1.82) is 0 Å². The zero-order valence-electron chi connectivity index (χ0n) is 29.2. The second-order valence-electron chi connectivity index (χ2n) is 14.3. The topological polar surface area (TPSA) is 205 Å². The van der Waals surface area contributed by atoms with Gasteiger partial charge in [-0.05, 0) is 63.6 Å². The number of nitrogens with zero attached hydrogens (tertiary/aromatic N) is 4. The van der Waals surface area contributed by atoms with Crippen LogP contribution in [0.5, 0.6) is 5.88 Å². The SMILES string of the molecule is Cc1cc(C(=O)N[C@H]2CCCCC/C=C\[C@@H]3C[C@@]3(C(=O)NS(=O)(=O)C3CC3)NC(=O)[C@@H]3C[C@@H](Oc4nc5ccccc5nc4C(F)(F)F)CN3C2=O)n[nH]1. The first kappa shape index (κ1) is 37.3. The van der Waals surface area contributed by atoms with Gasteiger partial charge in [0.2, 0.25) is 33.4 Å². The third kappa shape index (κ3) is 7.76. The number of aromatic amines is 1. The number of carbonyl (C=O) groups is 4. The Morgan fingerprint density at radius 2 is 1.80 bits per heavy atom. The Balaban J connectivity index is 1.22. The van der Waals surface area contributed by atoms with Crippen LogP contribution < -0.4 is 20.1 Å². The number of benzene rings is 1. The Morgan fingerprint density at radius 3 is 2.48 bits per heavy atom. The van der Waals surface area contributed by atoms with E-state index in [1.807, 2.05) is 6.08 Å². The predicted molar refractivity (Wildman–Crippen MR) is 185 cm³/mol. The monoisotopic (exact) mass is 772 g/mol.